The van der Waals surface area contributed by atoms with Crippen molar-refractivity contribution in [1.82, 2.24) is 9.38 Å². The molecule has 0 saturated heterocycles. The Hall–Kier alpha value is -2.84. The highest BCUT2D eigenvalue weighted by atomic mass is 16.3. The van der Waals surface area contributed by atoms with E-state index in [1.807, 2.05) is 30.3 Å². The van der Waals surface area contributed by atoms with Crippen LogP contribution in [0.3, 0.4) is 0 Å². The van der Waals surface area contributed by atoms with Crippen LogP contribution in [0.2, 0.25) is 0 Å². The molecule has 2 aromatic heterocycles. The first kappa shape index (κ1) is 13.2. The molecule has 5 nitrogen and oxygen atoms in total. The molecule has 0 unspecified atom stereocenters. The van der Waals surface area contributed by atoms with Gasteiger partial charge in [-0.25, -0.2) is 0 Å². The molecule has 2 heterocycles. The maximum Gasteiger partial charge on any atom is 0.258 e. The van der Waals surface area contributed by atoms with E-state index in [1.54, 1.807) is 6.92 Å². The van der Waals surface area contributed by atoms with E-state index in [0.29, 0.717) is 28.2 Å². The Balaban J connectivity index is 2.53. The van der Waals surface area contributed by atoms with Crippen molar-refractivity contribution in [3.05, 3.63) is 63.7 Å². The fourth-order valence-corrected chi connectivity index (χ4v) is 2.63. The van der Waals surface area contributed by atoms with Crippen LogP contribution in [-0.2, 0) is 6.61 Å². The lowest BCUT2D eigenvalue weighted by atomic mass is 10.0. The van der Waals surface area contributed by atoms with E-state index < -0.39 is 0 Å². The largest absolute Gasteiger partial charge is 0.390 e. The van der Waals surface area contributed by atoms with Crippen LogP contribution in [0, 0.1) is 18.3 Å². The van der Waals surface area contributed by atoms with E-state index >= 15 is 0 Å². The van der Waals surface area contributed by atoms with Gasteiger partial charge in [0, 0.05) is 17.3 Å². The zero-order chi connectivity index (χ0) is 15.0. The van der Waals surface area contributed by atoms with Gasteiger partial charge in [-0.1, -0.05) is 30.3 Å². The summed E-state index contributed by atoms with van der Waals surface area (Å²) in [5.74, 6) is 0. The third-order valence-electron chi connectivity index (χ3n) is 3.47. The summed E-state index contributed by atoms with van der Waals surface area (Å²) in [6.07, 6.45) is 0. The summed E-state index contributed by atoms with van der Waals surface area (Å²) in [4.78, 5) is 15.3. The summed E-state index contributed by atoms with van der Waals surface area (Å²) in [5.41, 5.74) is 3.02. The number of nitriles is 1. The highest BCUT2D eigenvalue weighted by Gasteiger charge is 2.21. The number of H-pyrrole nitrogens is 1. The number of aliphatic hydroxyl groups is 1. The third kappa shape index (κ3) is 1.93. The fourth-order valence-electron chi connectivity index (χ4n) is 2.63. The van der Waals surface area contributed by atoms with Crippen LogP contribution < -0.4 is 5.56 Å². The van der Waals surface area contributed by atoms with Crippen molar-refractivity contribution >= 4 is 5.65 Å². The van der Waals surface area contributed by atoms with E-state index in [-0.39, 0.29) is 12.2 Å². The SMILES string of the molecule is Cc1cc(=O)n2c(CO)c(-c3ccccc3)c(C#N)c2[nH]1. The van der Waals surface area contributed by atoms with Gasteiger partial charge in [0.1, 0.15) is 17.3 Å². The molecule has 0 spiro atoms. The van der Waals surface area contributed by atoms with Gasteiger partial charge >= 0.3 is 0 Å². The molecule has 0 atom stereocenters. The first-order valence-corrected chi connectivity index (χ1v) is 6.51. The molecular weight excluding hydrogens is 266 g/mol. The minimum Gasteiger partial charge on any atom is -0.390 e. The number of aromatic nitrogens is 2. The zero-order valence-corrected chi connectivity index (χ0v) is 11.4. The van der Waals surface area contributed by atoms with Crippen molar-refractivity contribution < 1.29 is 5.11 Å². The normalized spacial score (nSPS) is 10.7. The number of hydrogen-bond donors (Lipinski definition) is 2. The number of hydrogen-bond acceptors (Lipinski definition) is 3. The van der Waals surface area contributed by atoms with Crippen LogP contribution in [0.25, 0.3) is 16.8 Å². The predicted octanol–water partition coefficient (Wildman–Crippen LogP) is 1.97. The van der Waals surface area contributed by atoms with E-state index in [0.717, 1.165) is 5.56 Å². The lowest BCUT2D eigenvalue weighted by molar-refractivity contribution is 0.276. The lowest BCUT2D eigenvalue weighted by Gasteiger charge is -2.03. The summed E-state index contributed by atoms with van der Waals surface area (Å²) in [5, 5.41) is 19.2. The number of fused-ring (bicyclic) bond motifs is 1. The smallest absolute Gasteiger partial charge is 0.258 e. The van der Waals surface area contributed by atoms with Gasteiger partial charge in [0.2, 0.25) is 0 Å². The monoisotopic (exact) mass is 279 g/mol. The van der Waals surface area contributed by atoms with Crippen LogP contribution in [0.15, 0.2) is 41.2 Å². The van der Waals surface area contributed by atoms with Gasteiger partial charge in [0.15, 0.2) is 0 Å². The summed E-state index contributed by atoms with van der Waals surface area (Å²) < 4.78 is 1.37. The average Bonchev–Trinajstić information content (AvgIpc) is 2.81. The van der Waals surface area contributed by atoms with E-state index in [1.165, 1.54) is 10.5 Å². The topological polar surface area (TPSA) is 81.3 Å². The zero-order valence-electron chi connectivity index (χ0n) is 11.4. The minimum atomic E-state index is -0.320. The molecule has 0 aliphatic rings. The quantitative estimate of drug-likeness (QED) is 0.752. The number of aryl methyl sites for hydroxylation is 1. The third-order valence-corrected chi connectivity index (χ3v) is 3.47. The van der Waals surface area contributed by atoms with Crippen molar-refractivity contribution in [3.8, 4) is 17.2 Å². The summed E-state index contributed by atoms with van der Waals surface area (Å²) in [6, 6.07) is 12.9. The second-order valence-electron chi connectivity index (χ2n) is 4.81. The van der Waals surface area contributed by atoms with Crippen molar-refractivity contribution in [1.29, 1.82) is 5.26 Å². The second kappa shape index (κ2) is 4.93. The molecule has 0 amide bonds. The summed E-state index contributed by atoms with van der Waals surface area (Å²) in [6.45, 7) is 1.44. The number of nitrogens with one attached hydrogen (secondary N) is 1. The van der Waals surface area contributed by atoms with E-state index in [2.05, 4.69) is 11.1 Å². The molecule has 1 aromatic carbocycles. The molecule has 0 aliphatic carbocycles. The number of nitrogens with zero attached hydrogens (tertiary/aromatic N) is 2. The molecule has 0 radical (unpaired) electrons. The van der Waals surface area contributed by atoms with Gasteiger partial charge in [-0.2, -0.15) is 5.26 Å². The fraction of sp³-hybridized carbons (Fsp3) is 0.125. The second-order valence-corrected chi connectivity index (χ2v) is 4.81. The molecular formula is C16H13N3O2. The van der Waals surface area contributed by atoms with Crippen LogP contribution >= 0.6 is 0 Å². The van der Waals surface area contributed by atoms with Crippen molar-refractivity contribution in [2.75, 3.05) is 0 Å². The van der Waals surface area contributed by atoms with Crippen molar-refractivity contribution in [2.45, 2.75) is 13.5 Å². The first-order chi connectivity index (χ1) is 10.2. The van der Waals surface area contributed by atoms with Crippen LogP contribution in [0.1, 0.15) is 17.0 Å². The van der Waals surface area contributed by atoms with Crippen LogP contribution in [0.5, 0.6) is 0 Å². The summed E-state index contributed by atoms with van der Waals surface area (Å²) in [7, 11) is 0. The Morgan fingerprint density at radius 1 is 1.33 bits per heavy atom. The van der Waals surface area contributed by atoms with Gasteiger partial charge in [0.25, 0.3) is 5.56 Å². The molecule has 3 aromatic rings. The van der Waals surface area contributed by atoms with Gasteiger partial charge in [-0.05, 0) is 12.5 Å². The predicted molar refractivity (Wildman–Crippen MR) is 78.8 cm³/mol. The Bertz CT molecular complexity index is 915. The Morgan fingerprint density at radius 3 is 2.67 bits per heavy atom. The van der Waals surface area contributed by atoms with Gasteiger partial charge in [0.05, 0.1) is 12.3 Å². The van der Waals surface area contributed by atoms with Crippen molar-refractivity contribution in [3.63, 3.8) is 0 Å². The Morgan fingerprint density at radius 2 is 2.05 bits per heavy atom. The molecule has 3 rings (SSSR count). The molecule has 5 heteroatoms. The molecule has 2 N–H and O–H groups in total. The molecule has 0 saturated carbocycles. The van der Waals surface area contributed by atoms with Gasteiger partial charge in [-0.3, -0.25) is 9.20 Å². The Kier molecular flexibility index (Phi) is 3.09. The van der Waals surface area contributed by atoms with Crippen molar-refractivity contribution in [2.24, 2.45) is 0 Å². The average molecular weight is 279 g/mol. The maximum absolute atomic E-state index is 12.2. The minimum absolute atomic E-state index is 0.260. The molecule has 0 fully saturated rings. The van der Waals surface area contributed by atoms with Gasteiger partial charge in [-0.15, -0.1) is 0 Å². The number of aliphatic hydroxyl groups excluding tert-OH is 1. The van der Waals surface area contributed by atoms with Crippen LogP contribution in [0.4, 0.5) is 0 Å². The maximum atomic E-state index is 12.2. The standard InChI is InChI=1S/C16H13N3O2/c1-10-7-14(21)19-13(9-20)15(11-5-3-2-4-6-11)12(8-17)16(19)18-10/h2-7,18,20H,9H2,1H3. The first-order valence-electron chi connectivity index (χ1n) is 6.51. The molecule has 21 heavy (non-hydrogen) atoms. The molecule has 0 aliphatic heterocycles. The van der Waals surface area contributed by atoms with Crippen LogP contribution in [-0.4, -0.2) is 14.5 Å². The number of rotatable bonds is 2. The summed E-state index contributed by atoms with van der Waals surface area (Å²) >= 11 is 0. The highest BCUT2D eigenvalue weighted by Crippen LogP contribution is 2.31. The number of aromatic amines is 1. The number of benzene rings is 1. The lowest BCUT2D eigenvalue weighted by Crippen LogP contribution is -2.15. The van der Waals surface area contributed by atoms with E-state index in [4.69, 9.17) is 0 Å². The van der Waals surface area contributed by atoms with Gasteiger partial charge < -0.3 is 10.1 Å². The molecule has 104 valence electrons. The Labute approximate surface area is 120 Å². The molecule has 0 bridgehead atoms. The van der Waals surface area contributed by atoms with E-state index in [9.17, 15) is 15.2 Å². The highest BCUT2D eigenvalue weighted by molar-refractivity contribution is 5.81.